The van der Waals surface area contributed by atoms with Crippen LogP contribution in [0.15, 0.2) is 53.4 Å². The maximum atomic E-state index is 12.5. The zero-order valence-corrected chi connectivity index (χ0v) is 17.7. The molecule has 150 valence electrons. The number of hydrogen-bond acceptors (Lipinski definition) is 4. The number of benzene rings is 2. The maximum Gasteiger partial charge on any atom is 0.223 e. The van der Waals surface area contributed by atoms with Crippen molar-refractivity contribution in [1.29, 1.82) is 0 Å². The summed E-state index contributed by atoms with van der Waals surface area (Å²) in [6.07, 6.45) is -0.00638. The van der Waals surface area contributed by atoms with E-state index in [4.69, 9.17) is 23.2 Å². The second-order valence-corrected chi connectivity index (χ2v) is 9.66. The highest BCUT2D eigenvalue weighted by atomic mass is 35.5. The number of hydrogen-bond donors (Lipinski definition) is 0. The first-order valence-electron chi connectivity index (χ1n) is 9.07. The van der Waals surface area contributed by atoms with Crippen LogP contribution in [0.3, 0.4) is 0 Å². The average molecular weight is 441 g/mol. The molecule has 0 aromatic heterocycles. The van der Waals surface area contributed by atoms with E-state index >= 15 is 0 Å². The lowest BCUT2D eigenvalue weighted by molar-refractivity contribution is -0.132. The van der Waals surface area contributed by atoms with E-state index in [0.29, 0.717) is 42.8 Å². The number of nitrogens with zero attached hydrogens (tertiary/aromatic N) is 2. The van der Waals surface area contributed by atoms with Crippen molar-refractivity contribution in [2.75, 3.05) is 31.9 Å². The van der Waals surface area contributed by atoms with Gasteiger partial charge < -0.3 is 4.90 Å². The third-order valence-electron chi connectivity index (χ3n) is 4.86. The van der Waals surface area contributed by atoms with Gasteiger partial charge in [0.2, 0.25) is 5.91 Å². The zero-order chi connectivity index (χ0) is 20.1. The second-order valence-electron chi connectivity index (χ2n) is 6.74. The van der Waals surface area contributed by atoms with Crippen molar-refractivity contribution >= 4 is 38.9 Å². The van der Waals surface area contributed by atoms with Gasteiger partial charge in [0, 0.05) is 54.8 Å². The first-order valence-corrected chi connectivity index (χ1v) is 11.5. The molecule has 2 aromatic rings. The molecule has 0 spiro atoms. The van der Waals surface area contributed by atoms with Gasteiger partial charge in [0.05, 0.1) is 10.6 Å². The molecule has 0 radical (unpaired) electrons. The molecule has 2 aromatic carbocycles. The molecule has 1 saturated heterocycles. The van der Waals surface area contributed by atoms with Gasteiger partial charge in [0.1, 0.15) is 0 Å². The normalized spacial score (nSPS) is 15.6. The fraction of sp³-hybridized carbons (Fsp3) is 0.350. The van der Waals surface area contributed by atoms with Crippen LogP contribution in [0, 0.1) is 0 Å². The minimum Gasteiger partial charge on any atom is -0.340 e. The Bertz CT molecular complexity index is 907. The van der Waals surface area contributed by atoms with Crippen LogP contribution in [0.2, 0.25) is 10.0 Å². The van der Waals surface area contributed by atoms with Crippen LogP contribution >= 0.6 is 23.2 Å². The van der Waals surface area contributed by atoms with E-state index in [1.54, 1.807) is 35.2 Å². The largest absolute Gasteiger partial charge is 0.340 e. The summed E-state index contributed by atoms with van der Waals surface area (Å²) >= 11 is 12.5. The van der Waals surface area contributed by atoms with Crippen molar-refractivity contribution in [2.24, 2.45) is 0 Å². The quantitative estimate of drug-likeness (QED) is 0.689. The Hall–Kier alpha value is -1.60. The van der Waals surface area contributed by atoms with E-state index in [0.717, 1.165) is 5.56 Å². The highest BCUT2D eigenvalue weighted by molar-refractivity contribution is 7.91. The van der Waals surface area contributed by atoms with Crippen molar-refractivity contribution in [1.82, 2.24) is 9.80 Å². The standard InChI is InChI=1S/C20H22Cl2N2O3S/c21-18-7-4-8-19(22)17(18)15-23-10-12-24(13-11-23)20(25)9-14-28(26,27)16-5-2-1-3-6-16/h1-8H,9-15H2. The number of amides is 1. The lowest BCUT2D eigenvalue weighted by Crippen LogP contribution is -2.48. The predicted molar refractivity (Wildman–Crippen MR) is 111 cm³/mol. The van der Waals surface area contributed by atoms with Crippen molar-refractivity contribution in [3.63, 3.8) is 0 Å². The van der Waals surface area contributed by atoms with E-state index in [2.05, 4.69) is 4.90 Å². The minimum atomic E-state index is -3.44. The summed E-state index contributed by atoms with van der Waals surface area (Å²) in [5.41, 5.74) is 0.888. The summed E-state index contributed by atoms with van der Waals surface area (Å²) in [6.45, 7) is 3.14. The number of piperazine rings is 1. The highest BCUT2D eigenvalue weighted by Crippen LogP contribution is 2.26. The lowest BCUT2D eigenvalue weighted by atomic mass is 10.2. The van der Waals surface area contributed by atoms with Gasteiger partial charge in [-0.3, -0.25) is 9.69 Å². The summed E-state index contributed by atoms with van der Waals surface area (Å²) in [7, 11) is -3.44. The van der Waals surface area contributed by atoms with Crippen LogP contribution in [0.4, 0.5) is 0 Å². The van der Waals surface area contributed by atoms with Gasteiger partial charge in [-0.15, -0.1) is 0 Å². The molecule has 0 saturated carbocycles. The SMILES string of the molecule is O=C(CCS(=O)(=O)c1ccccc1)N1CCN(Cc2c(Cl)cccc2Cl)CC1. The van der Waals surface area contributed by atoms with Crippen LogP contribution in [-0.4, -0.2) is 56.1 Å². The number of sulfone groups is 1. The number of halogens is 2. The number of carbonyl (C=O) groups is 1. The molecule has 1 amide bonds. The van der Waals surface area contributed by atoms with Crippen LogP contribution in [0.25, 0.3) is 0 Å². The summed E-state index contributed by atoms with van der Waals surface area (Å²) in [5, 5.41) is 1.27. The van der Waals surface area contributed by atoms with E-state index in [1.807, 2.05) is 18.2 Å². The summed E-state index contributed by atoms with van der Waals surface area (Å²) in [4.78, 5) is 16.6. The molecule has 5 nitrogen and oxygen atoms in total. The van der Waals surface area contributed by atoms with Crippen LogP contribution in [0.1, 0.15) is 12.0 Å². The minimum absolute atomic E-state index is 0.00638. The summed E-state index contributed by atoms with van der Waals surface area (Å²) < 4.78 is 24.7. The fourth-order valence-corrected chi connectivity index (χ4v) is 4.96. The Morgan fingerprint density at radius 1 is 0.893 bits per heavy atom. The van der Waals surface area contributed by atoms with Crippen molar-refractivity contribution in [3.05, 3.63) is 64.1 Å². The molecule has 1 heterocycles. The second kappa shape index (κ2) is 9.27. The fourth-order valence-electron chi connectivity index (χ4n) is 3.19. The van der Waals surface area contributed by atoms with Gasteiger partial charge >= 0.3 is 0 Å². The highest BCUT2D eigenvalue weighted by Gasteiger charge is 2.24. The van der Waals surface area contributed by atoms with Gasteiger partial charge in [-0.05, 0) is 24.3 Å². The van der Waals surface area contributed by atoms with Gasteiger partial charge in [-0.25, -0.2) is 8.42 Å². The van der Waals surface area contributed by atoms with Gasteiger partial charge in [-0.1, -0.05) is 47.5 Å². The Balaban J connectivity index is 1.50. The topological polar surface area (TPSA) is 57.7 Å². The molecule has 0 bridgehead atoms. The van der Waals surface area contributed by atoms with E-state index in [1.165, 1.54) is 0 Å². The van der Waals surface area contributed by atoms with E-state index < -0.39 is 9.84 Å². The summed E-state index contributed by atoms with van der Waals surface area (Å²) in [6, 6.07) is 13.7. The Morgan fingerprint density at radius 3 is 2.11 bits per heavy atom. The van der Waals surface area contributed by atoms with Gasteiger partial charge in [0.15, 0.2) is 9.84 Å². The molecule has 0 unspecified atom stereocenters. The molecule has 0 N–H and O–H groups in total. The number of rotatable bonds is 6. The Kier molecular flexibility index (Phi) is 6.99. The van der Waals surface area contributed by atoms with Crippen molar-refractivity contribution < 1.29 is 13.2 Å². The smallest absolute Gasteiger partial charge is 0.223 e. The third-order valence-corrected chi connectivity index (χ3v) is 7.30. The van der Waals surface area contributed by atoms with Crippen LogP contribution in [-0.2, 0) is 21.2 Å². The van der Waals surface area contributed by atoms with Crippen LogP contribution in [0.5, 0.6) is 0 Å². The first kappa shape index (κ1) is 21.1. The van der Waals surface area contributed by atoms with E-state index in [9.17, 15) is 13.2 Å². The van der Waals surface area contributed by atoms with Gasteiger partial charge in [0.25, 0.3) is 0 Å². The summed E-state index contributed by atoms with van der Waals surface area (Å²) in [5.74, 6) is -0.305. The molecule has 0 atom stereocenters. The maximum absolute atomic E-state index is 12.5. The molecule has 28 heavy (non-hydrogen) atoms. The monoisotopic (exact) mass is 440 g/mol. The zero-order valence-electron chi connectivity index (χ0n) is 15.4. The molecule has 8 heteroatoms. The predicted octanol–water partition coefficient (Wildman–Crippen LogP) is 3.50. The molecule has 0 aliphatic carbocycles. The third kappa shape index (κ3) is 5.26. The molecular weight excluding hydrogens is 419 g/mol. The lowest BCUT2D eigenvalue weighted by Gasteiger charge is -2.35. The Morgan fingerprint density at radius 2 is 1.50 bits per heavy atom. The van der Waals surface area contributed by atoms with Crippen LogP contribution < -0.4 is 0 Å². The first-order chi connectivity index (χ1) is 13.4. The Labute approximate surface area is 175 Å². The van der Waals surface area contributed by atoms with Crippen molar-refractivity contribution in [3.8, 4) is 0 Å². The molecule has 1 aliphatic heterocycles. The molecule has 1 aliphatic rings. The molecule has 3 rings (SSSR count). The average Bonchev–Trinajstić information content (AvgIpc) is 2.70. The van der Waals surface area contributed by atoms with Gasteiger partial charge in [-0.2, -0.15) is 0 Å². The molecular formula is C20H22Cl2N2O3S. The van der Waals surface area contributed by atoms with E-state index in [-0.39, 0.29) is 23.0 Å². The molecule has 1 fully saturated rings. The number of carbonyl (C=O) groups excluding carboxylic acids is 1. The van der Waals surface area contributed by atoms with Crippen molar-refractivity contribution in [2.45, 2.75) is 17.9 Å².